The average molecular weight is 246 g/mol. The second-order valence-corrected chi connectivity index (χ2v) is 4.53. The van der Waals surface area contributed by atoms with Crippen molar-refractivity contribution in [3.05, 3.63) is 35.6 Å². The molecule has 1 aromatic carbocycles. The molecule has 18 heavy (non-hydrogen) atoms. The van der Waals surface area contributed by atoms with Crippen LogP contribution in [0.15, 0.2) is 24.3 Å². The van der Waals surface area contributed by atoms with E-state index in [0.29, 0.717) is 12.1 Å². The number of likely N-dealkylation sites (tertiary alicyclic amines) is 1. The Bertz CT molecular complexity index is 481. The highest BCUT2D eigenvalue weighted by Gasteiger charge is 2.26. The molecule has 1 atom stereocenters. The van der Waals surface area contributed by atoms with Gasteiger partial charge >= 0.3 is 0 Å². The predicted molar refractivity (Wildman–Crippen MR) is 65.1 cm³/mol. The maximum absolute atomic E-state index is 13.0. The number of amides is 1. The van der Waals surface area contributed by atoms with Crippen molar-refractivity contribution in [3.63, 3.8) is 0 Å². The number of benzene rings is 1. The topological polar surface area (TPSA) is 44.1 Å². The van der Waals surface area contributed by atoms with Crippen LogP contribution in [-0.4, -0.2) is 23.4 Å². The summed E-state index contributed by atoms with van der Waals surface area (Å²) in [5.74, 6) is -0.428. The van der Waals surface area contributed by atoms with Gasteiger partial charge in [0.25, 0.3) is 0 Å². The first-order chi connectivity index (χ1) is 8.70. The van der Waals surface area contributed by atoms with Crippen LogP contribution in [0, 0.1) is 17.1 Å². The van der Waals surface area contributed by atoms with E-state index in [1.54, 1.807) is 17.0 Å². The molecule has 1 saturated heterocycles. The lowest BCUT2D eigenvalue weighted by molar-refractivity contribution is -0.132. The number of nitriles is 1. The first kappa shape index (κ1) is 12.6. The standard InChI is InChI=1S/C14H15FN2O/c15-12-5-3-4-11(8-12)9-14(18)17-7-2-1-6-13(17)10-16/h3-5,8,13H,1-2,6-7,9H2. The van der Waals surface area contributed by atoms with Crippen molar-refractivity contribution >= 4 is 5.91 Å². The molecule has 0 saturated carbocycles. The summed E-state index contributed by atoms with van der Waals surface area (Å²) in [6, 6.07) is 7.88. The molecule has 1 amide bonds. The molecular formula is C14H15FN2O. The summed E-state index contributed by atoms with van der Waals surface area (Å²) >= 11 is 0. The fraction of sp³-hybridized carbons (Fsp3) is 0.429. The van der Waals surface area contributed by atoms with E-state index < -0.39 is 0 Å². The number of hydrogen-bond donors (Lipinski definition) is 0. The number of carbonyl (C=O) groups is 1. The lowest BCUT2D eigenvalue weighted by atomic mass is 10.0. The Morgan fingerprint density at radius 1 is 1.50 bits per heavy atom. The molecule has 0 radical (unpaired) electrons. The Morgan fingerprint density at radius 3 is 3.06 bits per heavy atom. The number of carbonyl (C=O) groups excluding carboxylic acids is 1. The predicted octanol–water partition coefficient (Wildman–Crippen LogP) is 2.27. The summed E-state index contributed by atoms with van der Waals surface area (Å²) in [5.41, 5.74) is 0.655. The van der Waals surface area contributed by atoms with Crippen molar-refractivity contribution in [2.45, 2.75) is 31.7 Å². The second kappa shape index (κ2) is 5.63. The minimum Gasteiger partial charge on any atom is -0.326 e. The van der Waals surface area contributed by atoms with Crippen LogP contribution in [0.25, 0.3) is 0 Å². The van der Waals surface area contributed by atoms with E-state index in [4.69, 9.17) is 5.26 Å². The van der Waals surface area contributed by atoms with Crippen molar-refractivity contribution in [2.24, 2.45) is 0 Å². The van der Waals surface area contributed by atoms with Gasteiger partial charge in [-0.1, -0.05) is 12.1 Å². The summed E-state index contributed by atoms with van der Waals surface area (Å²) in [6.07, 6.45) is 2.83. The minimum atomic E-state index is -0.337. The van der Waals surface area contributed by atoms with Gasteiger partial charge in [-0.05, 0) is 37.0 Å². The minimum absolute atomic E-state index is 0.0909. The molecule has 0 N–H and O–H groups in total. The molecule has 3 nitrogen and oxygen atoms in total. The number of nitrogens with zero attached hydrogens (tertiary/aromatic N) is 2. The number of rotatable bonds is 2. The second-order valence-electron chi connectivity index (χ2n) is 4.53. The van der Waals surface area contributed by atoms with Crippen molar-refractivity contribution in [2.75, 3.05) is 6.54 Å². The van der Waals surface area contributed by atoms with E-state index >= 15 is 0 Å². The lowest BCUT2D eigenvalue weighted by Crippen LogP contribution is -2.43. The number of halogens is 1. The molecule has 4 heteroatoms. The summed E-state index contributed by atoms with van der Waals surface area (Å²) in [5, 5.41) is 9.02. The third-order valence-corrected chi connectivity index (χ3v) is 3.22. The molecule has 1 unspecified atom stereocenters. The van der Waals surface area contributed by atoms with Crippen LogP contribution in [0.5, 0.6) is 0 Å². The van der Waals surface area contributed by atoms with E-state index in [-0.39, 0.29) is 24.2 Å². The normalized spacial score (nSPS) is 19.3. The maximum Gasteiger partial charge on any atom is 0.228 e. The van der Waals surface area contributed by atoms with Crippen LogP contribution < -0.4 is 0 Å². The average Bonchev–Trinajstić information content (AvgIpc) is 2.38. The Morgan fingerprint density at radius 2 is 2.33 bits per heavy atom. The quantitative estimate of drug-likeness (QED) is 0.803. The van der Waals surface area contributed by atoms with Crippen LogP contribution in [0.2, 0.25) is 0 Å². The van der Waals surface area contributed by atoms with Crippen LogP contribution >= 0.6 is 0 Å². The zero-order chi connectivity index (χ0) is 13.0. The highest BCUT2D eigenvalue weighted by Crippen LogP contribution is 2.18. The molecular weight excluding hydrogens is 231 g/mol. The lowest BCUT2D eigenvalue weighted by Gasteiger charge is -2.31. The van der Waals surface area contributed by atoms with Gasteiger partial charge in [0.15, 0.2) is 0 Å². The Hall–Kier alpha value is -1.89. The highest BCUT2D eigenvalue weighted by molar-refractivity contribution is 5.79. The van der Waals surface area contributed by atoms with Gasteiger partial charge in [-0.25, -0.2) is 4.39 Å². The Labute approximate surface area is 106 Å². The fourth-order valence-electron chi connectivity index (χ4n) is 2.29. The molecule has 2 rings (SSSR count). The molecule has 1 aliphatic heterocycles. The van der Waals surface area contributed by atoms with Gasteiger partial charge in [0, 0.05) is 6.54 Å². The smallest absolute Gasteiger partial charge is 0.228 e. The molecule has 0 spiro atoms. The number of hydrogen-bond acceptors (Lipinski definition) is 2. The van der Waals surface area contributed by atoms with E-state index in [9.17, 15) is 9.18 Å². The third-order valence-electron chi connectivity index (χ3n) is 3.22. The van der Waals surface area contributed by atoms with Crippen molar-refractivity contribution < 1.29 is 9.18 Å². The van der Waals surface area contributed by atoms with Gasteiger partial charge in [-0.3, -0.25) is 4.79 Å². The summed E-state index contributed by atoms with van der Waals surface area (Å²) in [4.78, 5) is 13.7. The van der Waals surface area contributed by atoms with E-state index in [2.05, 4.69) is 6.07 Å². The van der Waals surface area contributed by atoms with Gasteiger partial charge in [-0.2, -0.15) is 5.26 Å². The van der Waals surface area contributed by atoms with Crippen molar-refractivity contribution in [3.8, 4) is 6.07 Å². The largest absolute Gasteiger partial charge is 0.326 e. The molecule has 0 bridgehead atoms. The van der Waals surface area contributed by atoms with Gasteiger partial charge in [0.05, 0.1) is 12.5 Å². The molecule has 0 aromatic heterocycles. The van der Waals surface area contributed by atoms with Gasteiger partial charge in [0.1, 0.15) is 11.9 Å². The van der Waals surface area contributed by atoms with E-state index in [1.165, 1.54) is 12.1 Å². The summed E-state index contributed by atoms with van der Waals surface area (Å²) in [7, 11) is 0. The monoisotopic (exact) mass is 246 g/mol. The first-order valence-corrected chi connectivity index (χ1v) is 6.14. The SMILES string of the molecule is N#CC1CCCCN1C(=O)Cc1cccc(F)c1. The van der Waals surface area contributed by atoms with Crippen LogP contribution in [0.4, 0.5) is 4.39 Å². The summed E-state index contributed by atoms with van der Waals surface area (Å²) in [6.45, 7) is 0.631. The van der Waals surface area contributed by atoms with Crippen molar-refractivity contribution in [1.29, 1.82) is 5.26 Å². The zero-order valence-corrected chi connectivity index (χ0v) is 10.1. The first-order valence-electron chi connectivity index (χ1n) is 6.14. The molecule has 1 aromatic rings. The van der Waals surface area contributed by atoms with E-state index in [1.807, 2.05) is 0 Å². The van der Waals surface area contributed by atoms with Gasteiger partial charge in [-0.15, -0.1) is 0 Å². The zero-order valence-electron chi connectivity index (χ0n) is 10.1. The Kier molecular flexibility index (Phi) is 3.93. The van der Waals surface area contributed by atoms with Gasteiger partial charge in [0.2, 0.25) is 5.91 Å². The van der Waals surface area contributed by atoms with Crippen LogP contribution in [-0.2, 0) is 11.2 Å². The molecule has 1 heterocycles. The number of piperidine rings is 1. The highest BCUT2D eigenvalue weighted by atomic mass is 19.1. The molecule has 94 valence electrons. The summed E-state index contributed by atoms with van der Waals surface area (Å²) < 4.78 is 13.0. The molecule has 0 aliphatic carbocycles. The Balaban J connectivity index is 2.05. The van der Waals surface area contributed by atoms with Crippen LogP contribution in [0.1, 0.15) is 24.8 Å². The van der Waals surface area contributed by atoms with Crippen molar-refractivity contribution in [1.82, 2.24) is 4.90 Å². The maximum atomic E-state index is 13.0. The van der Waals surface area contributed by atoms with Gasteiger partial charge < -0.3 is 4.90 Å². The van der Waals surface area contributed by atoms with Crippen LogP contribution in [0.3, 0.4) is 0 Å². The molecule has 1 aliphatic rings. The fourth-order valence-corrected chi connectivity index (χ4v) is 2.29. The molecule has 1 fully saturated rings. The third kappa shape index (κ3) is 2.86. The van der Waals surface area contributed by atoms with E-state index in [0.717, 1.165) is 19.3 Å².